The fraction of sp³-hybridized carbons (Fsp3) is 0.435. The number of hydrogen-bond donors (Lipinski definition) is 18. The van der Waals surface area contributed by atoms with Crippen LogP contribution in [0.4, 0.5) is 4.79 Å². The summed E-state index contributed by atoms with van der Waals surface area (Å²) < 4.78 is 38.7. The molecule has 2 fully saturated rings. The lowest BCUT2D eigenvalue weighted by molar-refractivity contribution is -0.334. The maximum atomic E-state index is 16.1. The minimum atomic E-state index is -2.33. The van der Waals surface area contributed by atoms with Gasteiger partial charge in [-0.25, -0.2) is 4.79 Å². The molecule has 36 heteroatoms. The van der Waals surface area contributed by atoms with Crippen LogP contribution in [0.25, 0.3) is 0 Å². The summed E-state index contributed by atoms with van der Waals surface area (Å²) in [4.78, 5) is 130. The van der Waals surface area contributed by atoms with Crippen molar-refractivity contribution >= 4 is 83.6 Å². The molecule has 559 valence electrons. The zero-order valence-corrected chi connectivity index (χ0v) is 58.2. The summed E-state index contributed by atoms with van der Waals surface area (Å²) in [5.41, 5.74) is 2.61. The Labute approximate surface area is 609 Å². The number of aromatic hydroxyl groups is 1. The molecule has 105 heavy (non-hydrogen) atoms. The Morgan fingerprint density at radius 3 is 2.00 bits per heavy atom. The number of carbonyl (C=O) groups is 9. The van der Waals surface area contributed by atoms with Gasteiger partial charge in [0.05, 0.1) is 40.8 Å². The number of nitrogens with two attached hydrogens (primary N) is 1. The molecule has 4 aromatic carbocycles. The quantitative estimate of drug-likeness (QED) is 0.0531. The molecule has 4 aromatic rings. The van der Waals surface area contributed by atoms with Gasteiger partial charge in [-0.15, -0.1) is 12.3 Å². The second kappa shape index (κ2) is 32.4. The van der Waals surface area contributed by atoms with Crippen LogP contribution in [0.1, 0.15) is 105 Å². The number of rotatable bonds is 16. The average Bonchev–Trinajstić information content (AvgIpc) is 1.76. The number of primary amides is 1. The van der Waals surface area contributed by atoms with Crippen molar-refractivity contribution in [3.8, 4) is 46.8 Å². The highest BCUT2D eigenvalue weighted by atomic mass is 35.5. The van der Waals surface area contributed by atoms with Crippen LogP contribution in [0.3, 0.4) is 0 Å². The Hall–Kier alpha value is -9.61. The number of aliphatic hydroxyl groups is 7. The number of benzene rings is 4. The maximum absolute atomic E-state index is 16.1. The summed E-state index contributed by atoms with van der Waals surface area (Å²) in [5, 5.41) is 123. The fourth-order valence-electron chi connectivity index (χ4n) is 13.1. The second-order valence-electron chi connectivity index (χ2n) is 26.6. The molecule has 7 aliphatic heterocycles. The first-order valence-corrected chi connectivity index (χ1v) is 33.8. The number of aliphatic carboxylic acids is 1. The average molecular weight is 1500 g/mol. The van der Waals surface area contributed by atoms with E-state index in [0.717, 1.165) is 74.0 Å². The molecule has 2 saturated heterocycles. The molecule has 19 N–H and O–H groups in total. The van der Waals surface area contributed by atoms with Crippen LogP contribution >= 0.6 is 23.2 Å². The Morgan fingerprint density at radius 2 is 1.40 bits per heavy atom. The minimum absolute atomic E-state index is 0.0831. The number of amides is 8. The monoisotopic (exact) mass is 1500 g/mol. The number of phenols is 1. The van der Waals surface area contributed by atoms with Crippen molar-refractivity contribution in [3.05, 3.63) is 128 Å². The van der Waals surface area contributed by atoms with Gasteiger partial charge in [-0.3, -0.25) is 38.4 Å². The second-order valence-corrected chi connectivity index (χ2v) is 27.4. The SMILES string of the molecule is C#CC[B]C(=O)N[C@@]1(C)C[C@H](O[C@H]2[C@H](Oc3c4cc5cc3Oc3ccc(cc3Cl)[C@@H](O)[C@@H](NC(=O)[C@@H](CC(C)C)NC)C(=O)N[C@@H](CC(N)=O)C(=O)N[C@H]5C(=O)N[C@H]3C(=O)N[C@H](C(=O)N[C@H](C(=O)O)C5=CC(O)=CC5c5cc3ccc5O)[C@H](O)c3ccc(c(Cl)c3)O4)O[C@H](CO)[C@@H](O)[C@@H]2O)O[C@@H](C)[C@H]1O. The lowest BCUT2D eigenvalue weighted by atomic mass is 9.72. The van der Waals surface area contributed by atoms with E-state index in [4.69, 9.17) is 63.8 Å². The molecule has 1 radical (unpaired) electrons. The third kappa shape index (κ3) is 17.1. The van der Waals surface area contributed by atoms with Gasteiger partial charge in [-0.05, 0) is 128 Å². The first-order valence-electron chi connectivity index (χ1n) is 33.0. The largest absolute Gasteiger partial charge is 0.508 e. The molecule has 0 spiro atoms. The van der Waals surface area contributed by atoms with E-state index in [0.29, 0.717) is 0 Å². The smallest absolute Gasteiger partial charge is 0.330 e. The predicted octanol–water partition coefficient (Wildman–Crippen LogP) is 0.328. The molecular formula is C69H77BCl2N9O24. The van der Waals surface area contributed by atoms with E-state index in [1.807, 2.05) is 13.8 Å². The zero-order valence-electron chi connectivity index (χ0n) is 56.6. The number of carbonyl (C=O) groups excluding carboxylic acids is 8. The van der Waals surface area contributed by atoms with Gasteiger partial charge in [-0.2, -0.15) is 0 Å². The Kier molecular flexibility index (Phi) is 24.1. The highest BCUT2D eigenvalue weighted by molar-refractivity contribution is 6.74. The third-order valence-corrected chi connectivity index (χ3v) is 19.1. The van der Waals surface area contributed by atoms with Crippen molar-refractivity contribution in [2.45, 2.75) is 168 Å². The van der Waals surface area contributed by atoms with Crippen LogP contribution in [0, 0.1) is 18.3 Å². The van der Waals surface area contributed by atoms with Crippen LogP contribution in [0.2, 0.25) is 16.4 Å². The molecule has 0 aromatic heterocycles. The third-order valence-electron chi connectivity index (χ3n) is 18.5. The summed E-state index contributed by atoms with van der Waals surface area (Å²) in [5.74, 6) is -14.2. The number of fused-ring (bicyclic) bond motifs is 15. The Balaban J connectivity index is 1.21. The van der Waals surface area contributed by atoms with E-state index in [1.54, 1.807) is 0 Å². The van der Waals surface area contributed by atoms with Crippen molar-refractivity contribution in [2.24, 2.45) is 11.7 Å². The van der Waals surface area contributed by atoms with E-state index in [-0.39, 0.29) is 63.7 Å². The first kappa shape index (κ1) is 78.0. The lowest BCUT2D eigenvalue weighted by Crippen LogP contribution is -2.66. The van der Waals surface area contributed by atoms with Crippen molar-refractivity contribution < 1.29 is 118 Å². The van der Waals surface area contributed by atoms with E-state index >= 15 is 14.4 Å². The van der Waals surface area contributed by atoms with Crippen molar-refractivity contribution in [1.29, 1.82) is 0 Å². The number of phenolic OH excluding ortho intramolecular Hbond substituents is 1. The van der Waals surface area contributed by atoms with E-state index < -0.39 is 226 Å². The molecule has 0 saturated carbocycles. The number of allylic oxidation sites excluding steroid dienone is 2. The van der Waals surface area contributed by atoms with Crippen molar-refractivity contribution in [3.63, 3.8) is 0 Å². The summed E-state index contributed by atoms with van der Waals surface area (Å²) in [6.07, 6.45) is -11.9. The van der Waals surface area contributed by atoms with Gasteiger partial charge in [0, 0.05) is 17.9 Å². The highest BCUT2D eigenvalue weighted by Gasteiger charge is 2.53. The summed E-state index contributed by atoms with van der Waals surface area (Å²) in [6.45, 7) is 5.55. The molecule has 19 atom stereocenters. The minimum Gasteiger partial charge on any atom is -0.508 e. The van der Waals surface area contributed by atoms with Crippen LogP contribution in [0.5, 0.6) is 34.5 Å². The Bertz CT molecular complexity index is 4200. The number of likely N-dealkylation sites (N-methyl/N-ethyl adjacent to an activating group) is 1. The van der Waals surface area contributed by atoms with Gasteiger partial charge < -0.3 is 123 Å². The molecule has 1 unspecified atom stereocenters. The van der Waals surface area contributed by atoms with Gasteiger partial charge in [-0.1, -0.05) is 55.2 Å². The molecule has 12 rings (SSSR count). The molecule has 8 aliphatic rings. The number of aliphatic hydroxyl groups excluding tert-OH is 7. The number of hydrogen-bond acceptors (Lipinski definition) is 24. The summed E-state index contributed by atoms with van der Waals surface area (Å²) in [6, 6.07) is -1.59. The predicted molar refractivity (Wildman–Crippen MR) is 367 cm³/mol. The number of carboxylic acid groups (broad SMARTS) is 1. The van der Waals surface area contributed by atoms with E-state index in [2.05, 4.69) is 48.5 Å². The number of carboxylic acids is 1. The maximum Gasteiger partial charge on any atom is 0.330 e. The number of ether oxygens (including phenoxy) is 6. The van der Waals surface area contributed by atoms with Crippen LogP contribution in [-0.4, -0.2) is 205 Å². The highest BCUT2D eigenvalue weighted by Crippen LogP contribution is 2.49. The van der Waals surface area contributed by atoms with Gasteiger partial charge >= 0.3 is 5.97 Å². The van der Waals surface area contributed by atoms with Gasteiger partial charge in [0.2, 0.25) is 60.7 Å². The number of halogens is 2. The first-order chi connectivity index (χ1) is 49.7. The van der Waals surface area contributed by atoms with Gasteiger partial charge in [0.15, 0.2) is 29.7 Å². The summed E-state index contributed by atoms with van der Waals surface area (Å²) in [7, 11) is 2.63. The lowest BCUT2D eigenvalue weighted by Gasteiger charge is -2.48. The van der Waals surface area contributed by atoms with E-state index in [9.17, 15) is 74.7 Å². The molecular weight excluding hydrogens is 1420 g/mol. The van der Waals surface area contributed by atoms with Crippen molar-refractivity contribution in [2.75, 3.05) is 13.7 Å². The number of nitrogens with one attached hydrogen (secondary N) is 8. The summed E-state index contributed by atoms with van der Waals surface area (Å²) >= 11 is 14.2. The topological polar surface area (TPSA) is 513 Å². The molecule has 1 aliphatic carbocycles. The molecule has 8 amide bonds. The number of terminal acetylenes is 1. The van der Waals surface area contributed by atoms with Gasteiger partial charge in [0.1, 0.15) is 95.9 Å². The molecule has 11 bridgehead atoms. The van der Waals surface area contributed by atoms with Crippen LogP contribution in [0.15, 0.2) is 90.2 Å². The van der Waals surface area contributed by atoms with E-state index in [1.165, 1.54) is 33.0 Å². The van der Waals surface area contributed by atoms with Gasteiger partial charge in [0.25, 0.3) is 0 Å². The zero-order chi connectivity index (χ0) is 76.4. The van der Waals surface area contributed by atoms with Crippen molar-refractivity contribution in [1.82, 2.24) is 42.5 Å². The normalized spacial score (nSPS) is 30.0. The standard InChI is InChI=1S/C69H77BCl2N9O24/c1-7-14-70-68(99)81-69(5)24-47(100-27(4)59(69)90)104-58-56(89)55(88)45(25-82)103-67(58)105-57-43-19-31-20-44(57)102-42-13-10-30(18-37(42)72)54(87)52-65(96)78-50(66(97)98)35-22-32(83)21-33(35)34-16-28(8-11-40(34)84)48(62(93)80-52)77-63(94)49(31)76-61(92)39(23-46(73)85)75-64(95)51(79-60(91)38(74-6)15-26(2)3)53(86)29-9-12-41(101-43)36(71)17-29/h1,8-13,16-22,26-27,33,38-39,45,47-56,58-59,67,74,82-84,86-90H,14-15,23-25H2,2-6H3,(H2,73,85)(H,75,95)(H,76,92)(H,77,94)(H,78,96)(H,79,91)(H,80,93)(H,81,99)(H,97,98)/t27-,33?,38+,39-,45+,47-,48+,49+,50-,51+,52-,53+,54+,55+,56-,58+,59+,67-,69-/m0/s1. The Morgan fingerprint density at radius 1 is 0.781 bits per heavy atom. The fourth-order valence-corrected chi connectivity index (χ4v) is 13.6. The molecule has 33 nitrogen and oxygen atoms in total. The van der Waals surface area contributed by atoms with Crippen LogP contribution in [-0.2, 0) is 52.6 Å². The van der Waals surface area contributed by atoms with Crippen LogP contribution < -0.4 is 62.5 Å². The molecule has 7 heterocycles.